The van der Waals surface area contributed by atoms with Crippen LogP contribution in [0.1, 0.15) is 50.9 Å². The molecule has 9 nitrogen and oxygen atoms in total. The molecule has 2 unspecified atom stereocenters. The molecule has 2 heterocycles. The van der Waals surface area contributed by atoms with Gasteiger partial charge in [-0.1, -0.05) is 60.7 Å². The third-order valence-electron chi connectivity index (χ3n) is 7.30. The topological polar surface area (TPSA) is 127 Å². The number of carbonyl (C=O) groups is 3. The van der Waals surface area contributed by atoms with Crippen molar-refractivity contribution in [2.75, 3.05) is 12.3 Å². The summed E-state index contributed by atoms with van der Waals surface area (Å²) in [5.41, 5.74) is 9.95. The molecule has 1 aliphatic rings. The van der Waals surface area contributed by atoms with Gasteiger partial charge < -0.3 is 21.1 Å². The van der Waals surface area contributed by atoms with E-state index in [0.29, 0.717) is 25.2 Å². The lowest BCUT2D eigenvalue weighted by molar-refractivity contribution is -0.131. The average molecular weight is 572 g/mol. The molecule has 0 bridgehead atoms. The van der Waals surface area contributed by atoms with Crippen molar-refractivity contribution in [1.29, 1.82) is 0 Å². The molecule has 0 aliphatic carbocycles. The van der Waals surface area contributed by atoms with Gasteiger partial charge in [-0.3, -0.25) is 14.5 Å². The zero-order chi connectivity index (χ0) is 30.4. The maximum absolute atomic E-state index is 13.5. The standard InChI is InChI=1S/C33H41N5O4/c1-21-27(14-15-29(34)36-21)19-35-30(39)22(2)37-31(40)28-18-24(20-38(28)32(41)42-33(3,4)5)16-23-10-9-13-26(17-23)25-11-7-6-8-12-25/h6-15,17,22,24,28H,16,18-20H2,1-5H3,(H2,34,36)(H,35,39)(H,37,40)/t22-,24?,28?/m0/s1. The quantitative estimate of drug-likeness (QED) is 0.362. The summed E-state index contributed by atoms with van der Waals surface area (Å²) < 4.78 is 5.65. The van der Waals surface area contributed by atoms with Crippen molar-refractivity contribution in [1.82, 2.24) is 20.5 Å². The van der Waals surface area contributed by atoms with E-state index in [4.69, 9.17) is 10.5 Å². The highest BCUT2D eigenvalue weighted by Crippen LogP contribution is 2.30. The van der Waals surface area contributed by atoms with Gasteiger partial charge in [-0.15, -0.1) is 0 Å². The maximum atomic E-state index is 13.5. The lowest BCUT2D eigenvalue weighted by atomic mass is 9.94. The molecule has 222 valence electrons. The summed E-state index contributed by atoms with van der Waals surface area (Å²) in [7, 11) is 0. The molecule has 4 N–H and O–H groups in total. The molecule has 42 heavy (non-hydrogen) atoms. The first-order valence-electron chi connectivity index (χ1n) is 14.3. The second-order valence-corrected chi connectivity index (χ2v) is 11.9. The number of aromatic nitrogens is 1. The Hall–Kier alpha value is -4.40. The second kappa shape index (κ2) is 13.1. The van der Waals surface area contributed by atoms with Crippen molar-refractivity contribution in [3.05, 3.63) is 83.6 Å². The summed E-state index contributed by atoms with van der Waals surface area (Å²) in [5, 5.41) is 5.65. The number of carbonyl (C=O) groups excluding carboxylic acids is 3. The molecule has 2 aromatic carbocycles. The number of benzene rings is 2. The van der Waals surface area contributed by atoms with Crippen LogP contribution >= 0.6 is 0 Å². The highest BCUT2D eigenvalue weighted by molar-refractivity contribution is 5.91. The Morgan fingerprint density at radius 2 is 1.76 bits per heavy atom. The van der Waals surface area contributed by atoms with Crippen LogP contribution in [0.2, 0.25) is 0 Å². The minimum absolute atomic E-state index is 0.0458. The number of hydrogen-bond donors (Lipinski definition) is 3. The number of nitrogens with zero attached hydrogens (tertiary/aromatic N) is 2. The van der Waals surface area contributed by atoms with Crippen LogP contribution in [0.4, 0.5) is 10.6 Å². The number of nitrogens with two attached hydrogens (primary N) is 1. The Balaban J connectivity index is 1.43. The molecule has 3 atom stereocenters. The molecule has 0 radical (unpaired) electrons. The highest BCUT2D eigenvalue weighted by Gasteiger charge is 2.42. The minimum atomic E-state index is -0.804. The molecule has 3 amide bonds. The van der Waals surface area contributed by atoms with E-state index < -0.39 is 23.8 Å². The van der Waals surface area contributed by atoms with Gasteiger partial charge in [-0.05, 0) is 81.7 Å². The van der Waals surface area contributed by atoms with E-state index in [1.807, 2.05) is 37.3 Å². The summed E-state index contributed by atoms with van der Waals surface area (Å²) >= 11 is 0. The average Bonchev–Trinajstić information content (AvgIpc) is 3.36. The Labute approximate surface area is 247 Å². The first kappa shape index (κ1) is 30.6. The molecule has 4 rings (SSSR count). The normalized spacial score (nSPS) is 17.4. The van der Waals surface area contributed by atoms with Gasteiger partial charge in [-0.25, -0.2) is 9.78 Å². The Bertz CT molecular complexity index is 1420. The van der Waals surface area contributed by atoms with Crippen LogP contribution in [-0.4, -0.2) is 52.0 Å². The van der Waals surface area contributed by atoms with E-state index in [0.717, 1.165) is 27.9 Å². The van der Waals surface area contributed by atoms with Gasteiger partial charge >= 0.3 is 6.09 Å². The lowest BCUT2D eigenvalue weighted by Gasteiger charge is -2.28. The number of aryl methyl sites for hydroxylation is 1. The Morgan fingerprint density at radius 1 is 1.05 bits per heavy atom. The molecule has 1 aromatic heterocycles. The van der Waals surface area contributed by atoms with Gasteiger partial charge in [0.25, 0.3) is 0 Å². The summed E-state index contributed by atoms with van der Waals surface area (Å²) in [6.07, 6.45) is 0.631. The largest absolute Gasteiger partial charge is 0.444 e. The van der Waals surface area contributed by atoms with Crippen LogP contribution in [0.25, 0.3) is 11.1 Å². The van der Waals surface area contributed by atoms with Gasteiger partial charge in [0.2, 0.25) is 11.8 Å². The summed E-state index contributed by atoms with van der Waals surface area (Å²) in [4.78, 5) is 45.2. The van der Waals surface area contributed by atoms with Crippen LogP contribution in [0, 0.1) is 12.8 Å². The number of rotatable bonds is 8. The van der Waals surface area contributed by atoms with Crippen LogP contribution in [0.5, 0.6) is 0 Å². The van der Waals surface area contributed by atoms with E-state index in [1.165, 1.54) is 4.90 Å². The molecular formula is C33H41N5O4. The Kier molecular flexibility index (Phi) is 9.50. The number of nitrogen functional groups attached to an aromatic ring is 1. The predicted octanol–water partition coefficient (Wildman–Crippen LogP) is 4.63. The van der Waals surface area contributed by atoms with E-state index in [9.17, 15) is 14.4 Å². The van der Waals surface area contributed by atoms with Crippen molar-refractivity contribution in [3.8, 4) is 11.1 Å². The molecule has 0 spiro atoms. The van der Waals surface area contributed by atoms with Gasteiger partial charge in [0, 0.05) is 18.8 Å². The lowest BCUT2D eigenvalue weighted by Crippen LogP contribution is -2.52. The SMILES string of the molecule is Cc1nc(N)ccc1CNC(=O)[C@H](C)NC(=O)C1CC(Cc2cccc(-c3ccccc3)c2)CN1C(=O)OC(C)(C)C. The zero-order valence-corrected chi connectivity index (χ0v) is 25.0. The first-order chi connectivity index (χ1) is 19.9. The molecule has 3 aromatic rings. The molecule has 9 heteroatoms. The number of amides is 3. The fourth-order valence-electron chi connectivity index (χ4n) is 5.19. The molecule has 1 aliphatic heterocycles. The monoisotopic (exact) mass is 571 g/mol. The second-order valence-electron chi connectivity index (χ2n) is 11.9. The van der Waals surface area contributed by atoms with Gasteiger partial charge in [-0.2, -0.15) is 0 Å². The number of hydrogen-bond acceptors (Lipinski definition) is 6. The maximum Gasteiger partial charge on any atom is 0.410 e. The van der Waals surface area contributed by atoms with Crippen molar-refractivity contribution in [3.63, 3.8) is 0 Å². The summed E-state index contributed by atoms with van der Waals surface area (Å²) in [6, 6.07) is 20.4. The molecule has 1 saturated heterocycles. The molecular weight excluding hydrogens is 530 g/mol. The van der Waals surface area contributed by atoms with E-state index in [1.54, 1.807) is 33.8 Å². The number of nitrogens with one attached hydrogen (secondary N) is 2. The van der Waals surface area contributed by atoms with Crippen molar-refractivity contribution in [2.45, 2.75) is 71.7 Å². The third-order valence-corrected chi connectivity index (χ3v) is 7.30. The fourth-order valence-corrected chi connectivity index (χ4v) is 5.19. The smallest absolute Gasteiger partial charge is 0.410 e. The third kappa shape index (κ3) is 8.09. The van der Waals surface area contributed by atoms with E-state index >= 15 is 0 Å². The highest BCUT2D eigenvalue weighted by atomic mass is 16.6. The number of pyridine rings is 1. The van der Waals surface area contributed by atoms with Crippen LogP contribution in [0.15, 0.2) is 66.7 Å². The summed E-state index contributed by atoms with van der Waals surface area (Å²) in [5.74, 6) is -0.258. The van der Waals surface area contributed by atoms with Crippen molar-refractivity contribution in [2.24, 2.45) is 5.92 Å². The Morgan fingerprint density at radius 3 is 2.45 bits per heavy atom. The van der Waals surface area contributed by atoms with Crippen molar-refractivity contribution < 1.29 is 19.1 Å². The first-order valence-corrected chi connectivity index (χ1v) is 14.3. The predicted molar refractivity (Wildman–Crippen MR) is 163 cm³/mol. The zero-order valence-electron chi connectivity index (χ0n) is 25.0. The van der Waals surface area contributed by atoms with Crippen LogP contribution in [0.3, 0.4) is 0 Å². The van der Waals surface area contributed by atoms with Crippen LogP contribution < -0.4 is 16.4 Å². The number of likely N-dealkylation sites (tertiary alicyclic amines) is 1. The van der Waals surface area contributed by atoms with E-state index in [-0.39, 0.29) is 24.3 Å². The number of ether oxygens (including phenoxy) is 1. The van der Waals surface area contributed by atoms with Gasteiger partial charge in [0.1, 0.15) is 23.5 Å². The summed E-state index contributed by atoms with van der Waals surface area (Å²) in [6.45, 7) is 9.49. The fraction of sp³-hybridized carbons (Fsp3) is 0.394. The number of anilines is 1. The van der Waals surface area contributed by atoms with Crippen LogP contribution in [-0.2, 0) is 27.3 Å². The van der Waals surface area contributed by atoms with E-state index in [2.05, 4.69) is 45.9 Å². The van der Waals surface area contributed by atoms with Gasteiger partial charge in [0.15, 0.2) is 0 Å². The van der Waals surface area contributed by atoms with Crippen molar-refractivity contribution >= 4 is 23.7 Å². The minimum Gasteiger partial charge on any atom is -0.444 e. The molecule has 1 fully saturated rings. The molecule has 0 saturated carbocycles. The van der Waals surface area contributed by atoms with Gasteiger partial charge in [0.05, 0.1) is 0 Å².